The Balaban J connectivity index is 1.80. The van der Waals surface area contributed by atoms with Gasteiger partial charge in [0.25, 0.3) is 11.6 Å². The van der Waals surface area contributed by atoms with Crippen LogP contribution in [0.15, 0.2) is 55.1 Å². The van der Waals surface area contributed by atoms with Crippen molar-refractivity contribution in [2.45, 2.75) is 0 Å². The standard InChI is InChI=1S/C15H10IN5O3/c16-14-6-5-12(21(23)24)7-13(14)15(22)19-10-1-3-11(4-2-10)20-9-17-8-18-20/h1-9H,(H,19,22). The first kappa shape index (κ1) is 16.1. The molecule has 0 aliphatic heterocycles. The van der Waals surface area contributed by atoms with E-state index in [1.807, 2.05) is 22.6 Å². The Labute approximate surface area is 149 Å². The van der Waals surface area contributed by atoms with Crippen LogP contribution in [0.5, 0.6) is 0 Å². The van der Waals surface area contributed by atoms with E-state index in [1.54, 1.807) is 41.3 Å². The summed E-state index contributed by atoms with van der Waals surface area (Å²) in [5, 5.41) is 17.6. The van der Waals surface area contributed by atoms with Crippen molar-refractivity contribution >= 4 is 39.9 Å². The number of rotatable bonds is 4. The van der Waals surface area contributed by atoms with Crippen LogP contribution in [-0.2, 0) is 0 Å². The van der Waals surface area contributed by atoms with Gasteiger partial charge < -0.3 is 5.32 Å². The zero-order chi connectivity index (χ0) is 17.1. The number of nitro groups is 1. The van der Waals surface area contributed by atoms with Crippen LogP contribution in [-0.4, -0.2) is 25.6 Å². The molecule has 1 N–H and O–H groups in total. The van der Waals surface area contributed by atoms with E-state index in [4.69, 9.17) is 0 Å². The number of halogens is 1. The molecule has 24 heavy (non-hydrogen) atoms. The van der Waals surface area contributed by atoms with Crippen molar-refractivity contribution in [2.24, 2.45) is 0 Å². The highest BCUT2D eigenvalue weighted by Gasteiger charge is 2.15. The molecule has 8 nitrogen and oxygen atoms in total. The molecule has 0 radical (unpaired) electrons. The predicted octanol–water partition coefficient (Wildman–Crippen LogP) is 3.03. The molecule has 0 bridgehead atoms. The maximum absolute atomic E-state index is 12.4. The Morgan fingerprint density at radius 1 is 1.21 bits per heavy atom. The Hall–Kier alpha value is -2.82. The number of nitrogens with one attached hydrogen (secondary N) is 1. The smallest absolute Gasteiger partial charge is 0.270 e. The van der Waals surface area contributed by atoms with Crippen molar-refractivity contribution in [1.82, 2.24) is 14.8 Å². The highest BCUT2D eigenvalue weighted by Crippen LogP contribution is 2.21. The highest BCUT2D eigenvalue weighted by molar-refractivity contribution is 14.1. The Morgan fingerprint density at radius 2 is 1.96 bits per heavy atom. The topological polar surface area (TPSA) is 103 Å². The van der Waals surface area contributed by atoms with E-state index in [-0.39, 0.29) is 11.3 Å². The van der Waals surface area contributed by atoms with E-state index in [2.05, 4.69) is 15.4 Å². The number of aromatic nitrogens is 3. The van der Waals surface area contributed by atoms with Crippen molar-refractivity contribution in [3.05, 3.63) is 74.4 Å². The average Bonchev–Trinajstić information content (AvgIpc) is 3.10. The van der Waals surface area contributed by atoms with Crippen LogP contribution >= 0.6 is 22.6 Å². The van der Waals surface area contributed by atoms with Crippen LogP contribution in [0.25, 0.3) is 5.69 Å². The van der Waals surface area contributed by atoms with E-state index in [0.717, 1.165) is 5.69 Å². The molecule has 1 heterocycles. The van der Waals surface area contributed by atoms with Crippen LogP contribution in [0.4, 0.5) is 11.4 Å². The minimum atomic E-state index is -0.528. The summed E-state index contributed by atoms with van der Waals surface area (Å²) in [5.74, 6) is -0.406. The van der Waals surface area contributed by atoms with Gasteiger partial charge >= 0.3 is 0 Å². The number of nitro benzene ring substituents is 1. The SMILES string of the molecule is O=C(Nc1ccc(-n2cncn2)cc1)c1cc([N+](=O)[O-])ccc1I. The number of carbonyl (C=O) groups is 1. The summed E-state index contributed by atoms with van der Waals surface area (Å²) in [7, 11) is 0. The summed E-state index contributed by atoms with van der Waals surface area (Å²) in [4.78, 5) is 26.6. The lowest BCUT2D eigenvalue weighted by Gasteiger charge is -2.08. The van der Waals surface area contributed by atoms with Crippen LogP contribution in [0.3, 0.4) is 0 Å². The van der Waals surface area contributed by atoms with Gasteiger partial charge in [-0.3, -0.25) is 14.9 Å². The van der Waals surface area contributed by atoms with E-state index >= 15 is 0 Å². The average molecular weight is 435 g/mol. The molecule has 0 fully saturated rings. The molecule has 2 aromatic carbocycles. The number of benzene rings is 2. The summed E-state index contributed by atoms with van der Waals surface area (Å²) in [6, 6.07) is 11.2. The highest BCUT2D eigenvalue weighted by atomic mass is 127. The van der Waals surface area contributed by atoms with E-state index < -0.39 is 10.8 Å². The predicted molar refractivity (Wildman–Crippen MR) is 95.1 cm³/mol. The van der Waals surface area contributed by atoms with Gasteiger partial charge in [0.2, 0.25) is 0 Å². The minimum Gasteiger partial charge on any atom is -0.322 e. The van der Waals surface area contributed by atoms with E-state index in [9.17, 15) is 14.9 Å². The van der Waals surface area contributed by atoms with Gasteiger partial charge in [0.1, 0.15) is 12.7 Å². The summed E-state index contributed by atoms with van der Waals surface area (Å²) < 4.78 is 2.23. The lowest BCUT2D eigenvalue weighted by molar-refractivity contribution is -0.384. The minimum absolute atomic E-state index is 0.123. The lowest BCUT2D eigenvalue weighted by atomic mass is 10.2. The fourth-order valence-electron chi connectivity index (χ4n) is 2.04. The first-order chi connectivity index (χ1) is 11.5. The number of hydrogen-bond acceptors (Lipinski definition) is 5. The number of non-ortho nitro benzene ring substituents is 1. The molecular formula is C15H10IN5O3. The fourth-order valence-corrected chi connectivity index (χ4v) is 2.62. The summed E-state index contributed by atoms with van der Waals surface area (Å²) in [6.45, 7) is 0. The number of nitrogens with zero attached hydrogens (tertiary/aromatic N) is 4. The van der Waals surface area contributed by atoms with E-state index in [0.29, 0.717) is 9.26 Å². The lowest BCUT2D eigenvalue weighted by Crippen LogP contribution is -2.13. The Morgan fingerprint density at radius 3 is 2.58 bits per heavy atom. The third kappa shape index (κ3) is 3.40. The van der Waals surface area contributed by atoms with Gasteiger partial charge in [-0.05, 0) is 52.9 Å². The van der Waals surface area contributed by atoms with Crippen molar-refractivity contribution in [3.8, 4) is 5.69 Å². The normalized spacial score (nSPS) is 10.4. The summed E-state index contributed by atoms with van der Waals surface area (Å²) in [6.07, 6.45) is 3.00. The van der Waals surface area contributed by atoms with Crippen molar-refractivity contribution < 1.29 is 9.72 Å². The van der Waals surface area contributed by atoms with Crippen LogP contribution in [0.2, 0.25) is 0 Å². The second-order valence-electron chi connectivity index (χ2n) is 4.76. The van der Waals surface area contributed by atoms with Gasteiger partial charge in [-0.2, -0.15) is 5.10 Å². The maximum atomic E-state index is 12.4. The molecule has 1 aromatic heterocycles. The Bertz CT molecular complexity index is 894. The quantitative estimate of drug-likeness (QED) is 0.386. The fraction of sp³-hybridized carbons (Fsp3) is 0. The van der Waals surface area contributed by atoms with Crippen LogP contribution < -0.4 is 5.32 Å². The van der Waals surface area contributed by atoms with Crippen LogP contribution in [0, 0.1) is 13.7 Å². The van der Waals surface area contributed by atoms with Crippen molar-refractivity contribution in [2.75, 3.05) is 5.32 Å². The van der Waals surface area contributed by atoms with Crippen molar-refractivity contribution in [3.63, 3.8) is 0 Å². The van der Waals surface area contributed by atoms with Gasteiger partial charge in [-0.15, -0.1) is 0 Å². The second-order valence-corrected chi connectivity index (χ2v) is 5.92. The zero-order valence-electron chi connectivity index (χ0n) is 12.1. The number of amides is 1. The molecule has 3 aromatic rings. The maximum Gasteiger partial charge on any atom is 0.270 e. The summed E-state index contributed by atoms with van der Waals surface area (Å²) in [5.41, 5.74) is 1.51. The molecule has 0 atom stereocenters. The largest absolute Gasteiger partial charge is 0.322 e. The molecule has 0 saturated heterocycles. The third-order valence-corrected chi connectivity index (χ3v) is 4.15. The number of hydrogen-bond donors (Lipinski definition) is 1. The molecule has 0 aliphatic rings. The molecule has 0 saturated carbocycles. The van der Waals surface area contributed by atoms with E-state index in [1.165, 1.54) is 18.5 Å². The molecule has 0 aliphatic carbocycles. The second kappa shape index (κ2) is 6.74. The molecular weight excluding hydrogens is 425 g/mol. The molecule has 0 unspecified atom stereocenters. The molecule has 3 rings (SSSR count). The number of anilines is 1. The first-order valence-electron chi connectivity index (χ1n) is 6.75. The number of carbonyl (C=O) groups excluding carboxylic acids is 1. The third-order valence-electron chi connectivity index (χ3n) is 3.21. The van der Waals surface area contributed by atoms with Gasteiger partial charge in [0.15, 0.2) is 0 Å². The van der Waals surface area contributed by atoms with Crippen LogP contribution in [0.1, 0.15) is 10.4 Å². The van der Waals surface area contributed by atoms with Gasteiger partial charge in [0, 0.05) is 21.4 Å². The van der Waals surface area contributed by atoms with Gasteiger partial charge in [0.05, 0.1) is 16.2 Å². The molecule has 120 valence electrons. The van der Waals surface area contributed by atoms with Gasteiger partial charge in [-0.1, -0.05) is 0 Å². The molecule has 1 amide bonds. The van der Waals surface area contributed by atoms with Crippen molar-refractivity contribution in [1.29, 1.82) is 0 Å². The summed E-state index contributed by atoms with van der Waals surface area (Å²) >= 11 is 1.97. The monoisotopic (exact) mass is 435 g/mol. The Kier molecular flexibility index (Phi) is 4.51. The van der Waals surface area contributed by atoms with Gasteiger partial charge in [-0.25, -0.2) is 9.67 Å². The molecule has 0 spiro atoms. The zero-order valence-corrected chi connectivity index (χ0v) is 14.2. The molecule has 9 heteroatoms. The first-order valence-corrected chi connectivity index (χ1v) is 7.83.